The number of hydrogen-bond donors (Lipinski definition) is 1. The van der Waals surface area contributed by atoms with Crippen molar-refractivity contribution in [3.8, 4) is 0 Å². The summed E-state index contributed by atoms with van der Waals surface area (Å²) in [5, 5.41) is 0.658. The third-order valence-corrected chi connectivity index (χ3v) is 7.45. The highest BCUT2D eigenvalue weighted by Gasteiger charge is 2.34. The van der Waals surface area contributed by atoms with Crippen LogP contribution in [-0.4, -0.2) is 65.5 Å². The molecule has 1 aromatic heterocycles. The molecule has 1 unspecified atom stereocenters. The zero-order valence-corrected chi connectivity index (χ0v) is 20.8. The second kappa shape index (κ2) is 10.4. The summed E-state index contributed by atoms with van der Waals surface area (Å²) < 4.78 is 0. The van der Waals surface area contributed by atoms with Gasteiger partial charge in [-0.3, -0.25) is 14.7 Å². The monoisotopic (exact) mass is 469 g/mol. The molecule has 33 heavy (non-hydrogen) atoms. The van der Waals surface area contributed by atoms with Gasteiger partial charge in [0.1, 0.15) is 0 Å². The molecule has 4 rings (SSSR count). The van der Waals surface area contributed by atoms with Gasteiger partial charge in [-0.25, -0.2) is 0 Å². The minimum atomic E-state index is -0.0459. The van der Waals surface area contributed by atoms with Crippen LogP contribution in [0.5, 0.6) is 0 Å². The molecule has 0 radical (unpaired) electrons. The zero-order valence-electron chi connectivity index (χ0n) is 20.0. The lowest BCUT2D eigenvalue weighted by Crippen LogP contribution is -2.58. The number of likely N-dealkylation sites (tertiary alicyclic amines) is 1. The van der Waals surface area contributed by atoms with E-state index < -0.39 is 0 Å². The number of piperazine rings is 1. The predicted octanol–water partition coefficient (Wildman–Crippen LogP) is 4.27. The van der Waals surface area contributed by atoms with E-state index in [1.165, 1.54) is 5.69 Å². The van der Waals surface area contributed by atoms with Crippen LogP contribution in [0.25, 0.3) is 0 Å². The predicted molar refractivity (Wildman–Crippen MR) is 135 cm³/mol. The van der Waals surface area contributed by atoms with Crippen molar-refractivity contribution in [3.63, 3.8) is 0 Å². The summed E-state index contributed by atoms with van der Waals surface area (Å²) in [6.07, 6.45) is 3.17. The number of aryl methyl sites for hydroxylation is 1. The quantitative estimate of drug-likeness (QED) is 0.708. The number of nitrogens with zero attached hydrogens (tertiary/aromatic N) is 4. The number of carbonyl (C=O) groups excluding carboxylic acids is 1. The molecule has 2 aliphatic rings. The van der Waals surface area contributed by atoms with Gasteiger partial charge in [0.2, 0.25) is 0 Å². The fraction of sp³-hybridized carbons (Fsp3) is 0.538. The van der Waals surface area contributed by atoms with Crippen molar-refractivity contribution in [2.45, 2.75) is 58.2 Å². The van der Waals surface area contributed by atoms with E-state index in [2.05, 4.69) is 35.8 Å². The molecule has 1 amide bonds. The van der Waals surface area contributed by atoms with E-state index in [1.807, 2.05) is 24.0 Å². The SMILES string of the molecule is CC[C@H]1CN(c2ccc(C(C)N)nc2C)CCN1C1CCN(C(=O)c2ccc(Cl)cc2)CC1. The lowest BCUT2D eigenvalue weighted by molar-refractivity contribution is 0.0491. The molecule has 2 N–H and O–H groups in total. The standard InChI is InChI=1S/C26H36ClN5O/c1-4-22-17-31(25-10-9-24(18(2)28)29-19(25)3)15-16-32(22)23-11-13-30(14-12-23)26(33)20-5-7-21(27)8-6-20/h5-10,18,22-23H,4,11-17,28H2,1-3H3/t18?,22-/m0/s1. The molecule has 0 aliphatic carbocycles. The summed E-state index contributed by atoms with van der Waals surface area (Å²) in [5.74, 6) is 0.111. The number of nitrogens with two attached hydrogens (primary N) is 1. The molecule has 2 aromatic rings. The van der Waals surface area contributed by atoms with Crippen LogP contribution in [-0.2, 0) is 0 Å². The highest BCUT2D eigenvalue weighted by atomic mass is 35.5. The van der Waals surface area contributed by atoms with E-state index >= 15 is 0 Å². The van der Waals surface area contributed by atoms with Crippen molar-refractivity contribution >= 4 is 23.2 Å². The summed E-state index contributed by atoms with van der Waals surface area (Å²) in [6.45, 7) is 11.0. The molecule has 2 saturated heterocycles. The number of anilines is 1. The van der Waals surface area contributed by atoms with Gasteiger partial charge in [0, 0.05) is 61.4 Å². The normalized spacial score (nSPS) is 21.3. The Kier molecular flexibility index (Phi) is 7.57. The zero-order chi connectivity index (χ0) is 23.5. The number of piperidine rings is 1. The van der Waals surface area contributed by atoms with E-state index in [0.29, 0.717) is 17.1 Å². The van der Waals surface area contributed by atoms with Crippen LogP contribution in [0.15, 0.2) is 36.4 Å². The van der Waals surface area contributed by atoms with Gasteiger partial charge in [-0.05, 0) is 69.5 Å². The third kappa shape index (κ3) is 5.34. The first-order valence-corrected chi connectivity index (χ1v) is 12.5. The second-order valence-corrected chi connectivity index (χ2v) is 9.84. The van der Waals surface area contributed by atoms with Crippen LogP contribution in [0.4, 0.5) is 5.69 Å². The van der Waals surface area contributed by atoms with Gasteiger partial charge in [-0.1, -0.05) is 18.5 Å². The fourth-order valence-electron chi connectivity index (χ4n) is 5.27. The van der Waals surface area contributed by atoms with Crippen molar-refractivity contribution in [1.82, 2.24) is 14.8 Å². The number of amides is 1. The van der Waals surface area contributed by atoms with E-state index in [9.17, 15) is 4.79 Å². The van der Waals surface area contributed by atoms with Crippen LogP contribution in [0.2, 0.25) is 5.02 Å². The summed E-state index contributed by atoms with van der Waals surface area (Å²) in [5.41, 5.74) is 9.96. The first-order chi connectivity index (χ1) is 15.9. The number of aromatic nitrogens is 1. The molecule has 0 spiro atoms. The van der Waals surface area contributed by atoms with Crippen molar-refractivity contribution in [1.29, 1.82) is 0 Å². The van der Waals surface area contributed by atoms with Gasteiger partial charge in [-0.2, -0.15) is 0 Å². The first-order valence-electron chi connectivity index (χ1n) is 12.2. The molecular weight excluding hydrogens is 434 g/mol. The van der Waals surface area contributed by atoms with E-state index in [-0.39, 0.29) is 11.9 Å². The van der Waals surface area contributed by atoms with Gasteiger partial charge in [0.15, 0.2) is 0 Å². The van der Waals surface area contributed by atoms with E-state index in [0.717, 1.165) is 68.9 Å². The topological polar surface area (TPSA) is 65.7 Å². The van der Waals surface area contributed by atoms with Crippen LogP contribution in [0, 0.1) is 6.92 Å². The molecule has 2 atom stereocenters. The number of benzene rings is 1. The Morgan fingerprint density at radius 2 is 1.82 bits per heavy atom. The van der Waals surface area contributed by atoms with Gasteiger partial charge in [0.25, 0.3) is 5.91 Å². The number of pyridine rings is 1. The Labute approximate surface area is 202 Å². The molecule has 2 aliphatic heterocycles. The Morgan fingerprint density at radius 1 is 1.12 bits per heavy atom. The van der Waals surface area contributed by atoms with Crippen LogP contribution >= 0.6 is 11.6 Å². The smallest absolute Gasteiger partial charge is 0.253 e. The van der Waals surface area contributed by atoms with Gasteiger partial charge in [-0.15, -0.1) is 0 Å². The Morgan fingerprint density at radius 3 is 2.42 bits per heavy atom. The maximum Gasteiger partial charge on any atom is 0.253 e. The summed E-state index contributed by atoms with van der Waals surface area (Å²) in [6, 6.07) is 12.5. The molecule has 3 heterocycles. The number of rotatable bonds is 5. The molecule has 2 fully saturated rings. The van der Waals surface area contributed by atoms with Gasteiger partial charge in [0.05, 0.1) is 17.1 Å². The summed E-state index contributed by atoms with van der Waals surface area (Å²) >= 11 is 5.97. The largest absolute Gasteiger partial charge is 0.367 e. The maximum atomic E-state index is 12.9. The lowest BCUT2D eigenvalue weighted by Gasteiger charge is -2.48. The summed E-state index contributed by atoms with van der Waals surface area (Å²) in [4.78, 5) is 24.8. The average Bonchev–Trinajstić information content (AvgIpc) is 2.83. The minimum absolute atomic E-state index is 0.0459. The molecule has 6 nitrogen and oxygen atoms in total. The average molecular weight is 470 g/mol. The van der Waals surface area contributed by atoms with Crippen LogP contribution < -0.4 is 10.6 Å². The highest BCUT2D eigenvalue weighted by molar-refractivity contribution is 6.30. The highest BCUT2D eigenvalue weighted by Crippen LogP contribution is 2.28. The lowest BCUT2D eigenvalue weighted by atomic mass is 9.97. The van der Waals surface area contributed by atoms with Crippen LogP contribution in [0.3, 0.4) is 0 Å². The Bertz CT molecular complexity index is 956. The Balaban J connectivity index is 1.36. The summed E-state index contributed by atoms with van der Waals surface area (Å²) in [7, 11) is 0. The van der Waals surface area contributed by atoms with Crippen molar-refractivity contribution in [2.75, 3.05) is 37.6 Å². The third-order valence-electron chi connectivity index (χ3n) is 7.20. The molecule has 178 valence electrons. The van der Waals surface area contributed by atoms with E-state index in [4.69, 9.17) is 22.3 Å². The second-order valence-electron chi connectivity index (χ2n) is 9.41. The number of carbonyl (C=O) groups is 1. The molecular formula is C26H36ClN5O. The molecule has 1 aromatic carbocycles. The van der Waals surface area contributed by atoms with Crippen LogP contribution in [0.1, 0.15) is 60.9 Å². The van der Waals surface area contributed by atoms with E-state index in [1.54, 1.807) is 12.1 Å². The minimum Gasteiger partial charge on any atom is -0.367 e. The first kappa shape index (κ1) is 24.0. The fourth-order valence-corrected chi connectivity index (χ4v) is 5.40. The molecule has 0 saturated carbocycles. The molecule has 0 bridgehead atoms. The molecule has 7 heteroatoms. The van der Waals surface area contributed by atoms with Gasteiger partial charge < -0.3 is 15.5 Å². The van der Waals surface area contributed by atoms with Crippen molar-refractivity contribution in [2.24, 2.45) is 5.73 Å². The number of halogens is 1. The number of hydrogen-bond acceptors (Lipinski definition) is 5. The van der Waals surface area contributed by atoms with Gasteiger partial charge >= 0.3 is 0 Å². The Hall–Kier alpha value is -2.15. The van der Waals surface area contributed by atoms with Crippen molar-refractivity contribution in [3.05, 3.63) is 58.4 Å². The van der Waals surface area contributed by atoms with Crippen molar-refractivity contribution < 1.29 is 4.79 Å². The maximum absolute atomic E-state index is 12.9.